The van der Waals surface area contributed by atoms with E-state index in [9.17, 15) is 0 Å². The first-order valence-electron chi connectivity index (χ1n) is 6.92. The fourth-order valence-electron chi connectivity index (χ4n) is 2.29. The summed E-state index contributed by atoms with van der Waals surface area (Å²) in [4.78, 5) is 12.8. The van der Waals surface area contributed by atoms with Crippen LogP contribution in [0.15, 0.2) is 18.7 Å². The van der Waals surface area contributed by atoms with E-state index in [-0.39, 0.29) is 0 Å². The van der Waals surface area contributed by atoms with Crippen LogP contribution < -0.4 is 5.32 Å². The Hall–Kier alpha value is -2.51. The molecular formula is C13H18N8. The highest BCUT2D eigenvalue weighted by molar-refractivity contribution is 5.81. The van der Waals surface area contributed by atoms with Gasteiger partial charge in [-0.05, 0) is 0 Å². The fourth-order valence-corrected chi connectivity index (χ4v) is 2.29. The third-order valence-electron chi connectivity index (χ3n) is 3.30. The van der Waals surface area contributed by atoms with Crippen molar-refractivity contribution in [3.8, 4) is 0 Å². The monoisotopic (exact) mass is 286 g/mol. The second-order valence-electron chi connectivity index (χ2n) is 5.17. The van der Waals surface area contributed by atoms with Gasteiger partial charge in [0.15, 0.2) is 17.0 Å². The number of fused-ring (bicyclic) bond motifs is 1. The number of nitrogens with zero attached hydrogens (tertiary/aromatic N) is 7. The summed E-state index contributed by atoms with van der Waals surface area (Å²) in [6.45, 7) is 5.83. The molecule has 8 nitrogen and oxygen atoms in total. The highest BCUT2D eigenvalue weighted by Crippen LogP contribution is 2.15. The van der Waals surface area contributed by atoms with Gasteiger partial charge >= 0.3 is 0 Å². The van der Waals surface area contributed by atoms with Gasteiger partial charge in [0.2, 0.25) is 0 Å². The van der Waals surface area contributed by atoms with Gasteiger partial charge < -0.3 is 9.88 Å². The molecule has 0 aromatic carbocycles. The van der Waals surface area contributed by atoms with Gasteiger partial charge in [0.05, 0.1) is 0 Å². The number of hydrogen-bond donors (Lipinski definition) is 1. The molecule has 110 valence electrons. The van der Waals surface area contributed by atoms with Crippen molar-refractivity contribution < 1.29 is 0 Å². The van der Waals surface area contributed by atoms with Gasteiger partial charge in [0.25, 0.3) is 0 Å². The maximum Gasteiger partial charge on any atom is 0.183 e. The molecule has 3 aromatic heterocycles. The third-order valence-corrected chi connectivity index (χ3v) is 3.30. The number of anilines is 1. The van der Waals surface area contributed by atoms with Crippen molar-refractivity contribution in [3.05, 3.63) is 24.5 Å². The summed E-state index contributed by atoms with van der Waals surface area (Å²) in [5.41, 5.74) is 1.41. The molecule has 0 saturated heterocycles. The van der Waals surface area contributed by atoms with E-state index in [1.54, 1.807) is 4.68 Å². The number of aromatic nitrogens is 7. The van der Waals surface area contributed by atoms with Crippen LogP contribution in [0.2, 0.25) is 0 Å². The van der Waals surface area contributed by atoms with Gasteiger partial charge in [-0.25, -0.2) is 19.6 Å². The van der Waals surface area contributed by atoms with Crippen LogP contribution in [0.4, 0.5) is 5.82 Å². The van der Waals surface area contributed by atoms with Crippen LogP contribution in [0.25, 0.3) is 11.2 Å². The first-order valence-corrected chi connectivity index (χ1v) is 6.92. The maximum atomic E-state index is 4.38. The van der Waals surface area contributed by atoms with Crippen LogP contribution in [0, 0.1) is 0 Å². The molecule has 0 atom stereocenters. The van der Waals surface area contributed by atoms with Crippen molar-refractivity contribution >= 4 is 17.0 Å². The van der Waals surface area contributed by atoms with Gasteiger partial charge in [0, 0.05) is 38.4 Å². The topological polar surface area (TPSA) is 86.3 Å². The zero-order chi connectivity index (χ0) is 14.8. The van der Waals surface area contributed by atoms with Crippen LogP contribution in [-0.2, 0) is 13.6 Å². The van der Waals surface area contributed by atoms with Gasteiger partial charge in [-0.1, -0.05) is 19.1 Å². The molecule has 21 heavy (non-hydrogen) atoms. The van der Waals surface area contributed by atoms with Crippen molar-refractivity contribution in [3.63, 3.8) is 0 Å². The van der Waals surface area contributed by atoms with E-state index in [0.29, 0.717) is 17.3 Å². The van der Waals surface area contributed by atoms with Crippen molar-refractivity contribution in [1.82, 2.24) is 34.5 Å². The molecule has 0 bridgehead atoms. The van der Waals surface area contributed by atoms with Gasteiger partial charge in [-0.2, -0.15) is 0 Å². The molecule has 3 heterocycles. The van der Waals surface area contributed by atoms with Crippen LogP contribution in [0.5, 0.6) is 0 Å². The van der Waals surface area contributed by atoms with E-state index < -0.39 is 0 Å². The number of imidazole rings is 1. The van der Waals surface area contributed by atoms with E-state index in [2.05, 4.69) is 49.0 Å². The number of hydrogen-bond acceptors (Lipinski definition) is 6. The zero-order valence-corrected chi connectivity index (χ0v) is 12.4. The first-order chi connectivity index (χ1) is 10.2. The Kier molecular flexibility index (Phi) is 3.51. The summed E-state index contributed by atoms with van der Waals surface area (Å²) >= 11 is 0. The zero-order valence-electron chi connectivity index (χ0n) is 12.4. The molecule has 0 aliphatic carbocycles. The summed E-state index contributed by atoms with van der Waals surface area (Å²) in [6, 6.07) is 0. The molecule has 0 unspecified atom stereocenters. The minimum absolute atomic E-state index is 0.408. The molecule has 8 heteroatoms. The molecule has 0 radical (unpaired) electrons. The van der Waals surface area contributed by atoms with E-state index in [1.807, 2.05) is 19.4 Å². The van der Waals surface area contributed by atoms with Crippen molar-refractivity contribution in [2.24, 2.45) is 7.05 Å². The molecule has 0 spiro atoms. The lowest BCUT2D eigenvalue weighted by atomic mass is 10.2. The van der Waals surface area contributed by atoms with E-state index in [1.165, 1.54) is 6.33 Å². The predicted octanol–water partition coefficient (Wildman–Crippen LogP) is 1.19. The Labute approximate surface area is 122 Å². The average molecular weight is 286 g/mol. The minimum Gasteiger partial charge on any atom is -0.366 e. The number of rotatable bonds is 5. The predicted molar refractivity (Wildman–Crippen MR) is 78.9 cm³/mol. The fraction of sp³-hybridized carbons (Fsp3) is 0.462. The molecule has 0 saturated carbocycles. The molecular weight excluding hydrogens is 268 g/mol. The molecule has 3 rings (SSSR count). The molecule has 0 fully saturated rings. The van der Waals surface area contributed by atoms with E-state index in [4.69, 9.17) is 0 Å². The SMILES string of the molecule is CC(C)c1nccn1CCNc1ncnc2c1nnn2C. The molecule has 1 N–H and O–H groups in total. The number of nitrogens with one attached hydrogen (secondary N) is 1. The van der Waals surface area contributed by atoms with Crippen LogP contribution >= 0.6 is 0 Å². The Morgan fingerprint density at radius 2 is 2.10 bits per heavy atom. The molecule has 0 amide bonds. The van der Waals surface area contributed by atoms with Crippen LogP contribution in [-0.4, -0.2) is 41.1 Å². The molecule has 3 aromatic rings. The standard InChI is InChI=1S/C13H18N8/c1-9(2)12-15-5-7-21(12)6-4-14-11-10-13(17-8-16-11)20(3)19-18-10/h5,7-9H,4,6H2,1-3H3,(H,14,16,17). The summed E-state index contributed by atoms with van der Waals surface area (Å²) < 4.78 is 3.78. The van der Waals surface area contributed by atoms with Gasteiger partial charge in [-0.3, -0.25) is 0 Å². The second kappa shape index (κ2) is 5.47. The number of aryl methyl sites for hydroxylation is 1. The van der Waals surface area contributed by atoms with Crippen LogP contribution in [0.1, 0.15) is 25.6 Å². The summed E-state index contributed by atoms with van der Waals surface area (Å²) in [5, 5.41) is 11.3. The van der Waals surface area contributed by atoms with Gasteiger partial charge in [0.1, 0.15) is 12.2 Å². The maximum absolute atomic E-state index is 4.38. The molecule has 0 aliphatic heterocycles. The van der Waals surface area contributed by atoms with Crippen molar-refractivity contribution in [2.45, 2.75) is 26.3 Å². The summed E-state index contributed by atoms with van der Waals surface area (Å²) in [7, 11) is 1.81. The lowest BCUT2D eigenvalue weighted by molar-refractivity contribution is 0.636. The minimum atomic E-state index is 0.408. The first kappa shape index (κ1) is 13.5. The Balaban J connectivity index is 1.71. The quantitative estimate of drug-likeness (QED) is 0.758. The normalized spacial score (nSPS) is 11.4. The summed E-state index contributed by atoms with van der Waals surface area (Å²) in [6.07, 6.45) is 5.35. The molecule has 0 aliphatic rings. The van der Waals surface area contributed by atoms with E-state index >= 15 is 0 Å². The van der Waals surface area contributed by atoms with Crippen molar-refractivity contribution in [2.75, 3.05) is 11.9 Å². The second-order valence-corrected chi connectivity index (χ2v) is 5.17. The lowest BCUT2D eigenvalue weighted by Crippen LogP contribution is -2.14. The summed E-state index contributed by atoms with van der Waals surface area (Å²) in [5.74, 6) is 2.20. The Morgan fingerprint density at radius 1 is 1.24 bits per heavy atom. The average Bonchev–Trinajstić information content (AvgIpc) is 3.07. The largest absolute Gasteiger partial charge is 0.366 e. The highest BCUT2D eigenvalue weighted by Gasteiger charge is 2.10. The Bertz CT molecular complexity index is 742. The van der Waals surface area contributed by atoms with E-state index in [0.717, 1.165) is 24.6 Å². The van der Waals surface area contributed by atoms with Gasteiger partial charge in [-0.15, -0.1) is 5.10 Å². The van der Waals surface area contributed by atoms with Crippen molar-refractivity contribution in [1.29, 1.82) is 0 Å². The third kappa shape index (κ3) is 2.56. The highest BCUT2D eigenvalue weighted by atomic mass is 15.4. The smallest absolute Gasteiger partial charge is 0.183 e. The lowest BCUT2D eigenvalue weighted by Gasteiger charge is -2.11. The van der Waals surface area contributed by atoms with Crippen LogP contribution in [0.3, 0.4) is 0 Å². The Morgan fingerprint density at radius 3 is 2.90 bits per heavy atom.